The van der Waals surface area contributed by atoms with Crippen LogP contribution in [0.2, 0.25) is 0 Å². The number of carbonyl (C=O) groups is 1. The molecular formula is C10H17F3N2O2. The van der Waals surface area contributed by atoms with Crippen molar-refractivity contribution in [1.29, 1.82) is 0 Å². The molecule has 0 aliphatic carbocycles. The predicted molar refractivity (Wildman–Crippen MR) is 55.6 cm³/mol. The van der Waals surface area contributed by atoms with Crippen molar-refractivity contribution in [2.45, 2.75) is 13.1 Å². The zero-order valence-electron chi connectivity index (χ0n) is 9.79. The Morgan fingerprint density at radius 3 is 2.29 bits per heavy atom. The maximum atomic E-state index is 11.8. The van der Waals surface area contributed by atoms with Gasteiger partial charge in [-0.3, -0.25) is 4.79 Å². The van der Waals surface area contributed by atoms with Gasteiger partial charge >= 0.3 is 6.18 Å². The Bertz CT molecular complexity index is 250. The van der Waals surface area contributed by atoms with E-state index in [1.807, 2.05) is 6.92 Å². The molecular weight excluding hydrogens is 237 g/mol. The number of piperazine rings is 1. The van der Waals surface area contributed by atoms with Crippen molar-refractivity contribution < 1.29 is 22.7 Å². The van der Waals surface area contributed by atoms with Crippen molar-refractivity contribution in [2.24, 2.45) is 0 Å². The van der Waals surface area contributed by atoms with Gasteiger partial charge in [0.2, 0.25) is 5.91 Å². The van der Waals surface area contributed by atoms with Crippen LogP contribution < -0.4 is 0 Å². The summed E-state index contributed by atoms with van der Waals surface area (Å²) in [5, 5.41) is 0. The van der Waals surface area contributed by atoms with Gasteiger partial charge in [0.1, 0.15) is 13.2 Å². The summed E-state index contributed by atoms with van der Waals surface area (Å²) in [6, 6.07) is 0. The van der Waals surface area contributed by atoms with E-state index < -0.39 is 19.4 Å². The molecule has 17 heavy (non-hydrogen) atoms. The SMILES string of the molecule is CCN1CCN(C(=O)COCC(F)(F)F)CC1. The fourth-order valence-corrected chi connectivity index (χ4v) is 1.66. The zero-order valence-corrected chi connectivity index (χ0v) is 9.79. The smallest absolute Gasteiger partial charge is 0.362 e. The van der Waals surface area contributed by atoms with E-state index >= 15 is 0 Å². The summed E-state index contributed by atoms with van der Waals surface area (Å²) in [6.07, 6.45) is -4.37. The molecule has 1 saturated heterocycles. The van der Waals surface area contributed by atoms with Crippen molar-refractivity contribution in [3.05, 3.63) is 0 Å². The van der Waals surface area contributed by atoms with Crippen LogP contribution in [0.3, 0.4) is 0 Å². The van der Waals surface area contributed by atoms with Gasteiger partial charge in [-0.15, -0.1) is 0 Å². The summed E-state index contributed by atoms with van der Waals surface area (Å²) in [5.74, 6) is -0.370. The molecule has 1 aliphatic heterocycles. The van der Waals surface area contributed by atoms with E-state index in [4.69, 9.17) is 0 Å². The lowest BCUT2D eigenvalue weighted by atomic mass is 10.3. The maximum absolute atomic E-state index is 11.8. The second kappa shape index (κ2) is 6.20. The highest BCUT2D eigenvalue weighted by molar-refractivity contribution is 5.77. The number of ether oxygens (including phenoxy) is 1. The number of amides is 1. The van der Waals surface area contributed by atoms with Crippen molar-refractivity contribution in [1.82, 2.24) is 9.80 Å². The van der Waals surface area contributed by atoms with Gasteiger partial charge in [0, 0.05) is 26.2 Å². The van der Waals surface area contributed by atoms with E-state index in [1.165, 1.54) is 0 Å². The lowest BCUT2D eigenvalue weighted by Gasteiger charge is -2.34. The number of likely N-dealkylation sites (N-methyl/N-ethyl adjacent to an activating group) is 1. The van der Waals surface area contributed by atoms with Gasteiger partial charge in [0.25, 0.3) is 0 Å². The summed E-state index contributed by atoms with van der Waals surface area (Å²) < 4.78 is 39.7. The van der Waals surface area contributed by atoms with Gasteiger partial charge in [-0.25, -0.2) is 0 Å². The van der Waals surface area contributed by atoms with E-state index in [0.717, 1.165) is 19.6 Å². The minimum Gasteiger partial charge on any atom is -0.362 e. The molecule has 1 aliphatic rings. The van der Waals surface area contributed by atoms with Gasteiger partial charge in [-0.05, 0) is 6.54 Å². The van der Waals surface area contributed by atoms with Crippen LogP contribution in [0.5, 0.6) is 0 Å². The highest BCUT2D eigenvalue weighted by Gasteiger charge is 2.28. The first-order valence-corrected chi connectivity index (χ1v) is 5.57. The standard InChI is InChI=1S/C10H17F3N2O2/c1-2-14-3-5-15(6-4-14)9(16)7-17-8-10(11,12)13/h2-8H2,1H3. The molecule has 1 amide bonds. The summed E-state index contributed by atoms with van der Waals surface area (Å²) in [5.41, 5.74) is 0. The second-order valence-electron chi connectivity index (χ2n) is 3.92. The topological polar surface area (TPSA) is 32.8 Å². The number of halogens is 3. The lowest BCUT2D eigenvalue weighted by molar-refractivity contribution is -0.178. The average Bonchev–Trinajstić information content (AvgIpc) is 2.27. The minimum absolute atomic E-state index is 0.370. The fraction of sp³-hybridized carbons (Fsp3) is 0.900. The molecule has 0 N–H and O–H groups in total. The number of nitrogens with zero attached hydrogens (tertiary/aromatic N) is 2. The van der Waals surface area contributed by atoms with Crippen molar-refractivity contribution in [3.8, 4) is 0 Å². The fourth-order valence-electron chi connectivity index (χ4n) is 1.66. The first kappa shape index (κ1) is 14.2. The monoisotopic (exact) mass is 254 g/mol. The number of hydrogen-bond donors (Lipinski definition) is 0. The first-order chi connectivity index (χ1) is 7.92. The van der Waals surface area contributed by atoms with Gasteiger partial charge in [-0.1, -0.05) is 6.92 Å². The molecule has 0 saturated carbocycles. The Hall–Kier alpha value is -0.820. The van der Waals surface area contributed by atoms with E-state index in [9.17, 15) is 18.0 Å². The maximum Gasteiger partial charge on any atom is 0.411 e. The molecule has 0 aromatic heterocycles. The van der Waals surface area contributed by atoms with Crippen LogP contribution in [0, 0.1) is 0 Å². The molecule has 0 unspecified atom stereocenters. The van der Waals surface area contributed by atoms with Crippen molar-refractivity contribution in [3.63, 3.8) is 0 Å². The average molecular weight is 254 g/mol. The number of rotatable bonds is 4. The molecule has 100 valence electrons. The summed E-state index contributed by atoms with van der Waals surface area (Å²) in [4.78, 5) is 15.2. The second-order valence-corrected chi connectivity index (χ2v) is 3.92. The van der Waals surface area contributed by atoms with Gasteiger partial charge in [0.05, 0.1) is 0 Å². The van der Waals surface area contributed by atoms with Crippen LogP contribution in [0.15, 0.2) is 0 Å². The Balaban J connectivity index is 2.21. The molecule has 0 spiro atoms. The van der Waals surface area contributed by atoms with Crippen molar-refractivity contribution in [2.75, 3.05) is 45.9 Å². The molecule has 0 atom stereocenters. The molecule has 1 fully saturated rings. The quantitative estimate of drug-likeness (QED) is 0.741. The molecule has 1 heterocycles. The normalized spacial score (nSPS) is 18.5. The Kier molecular flexibility index (Phi) is 5.20. The number of hydrogen-bond acceptors (Lipinski definition) is 3. The van der Waals surface area contributed by atoms with Gasteiger partial charge in [0.15, 0.2) is 0 Å². The van der Waals surface area contributed by atoms with E-state index in [0.29, 0.717) is 13.1 Å². The molecule has 0 aromatic rings. The van der Waals surface area contributed by atoms with Crippen LogP contribution in [-0.4, -0.2) is 67.8 Å². The summed E-state index contributed by atoms with van der Waals surface area (Å²) in [7, 11) is 0. The molecule has 7 heteroatoms. The third-order valence-corrected chi connectivity index (χ3v) is 2.66. The molecule has 1 rings (SSSR count). The predicted octanol–water partition coefficient (Wildman–Crippen LogP) is 0.729. The third-order valence-electron chi connectivity index (χ3n) is 2.66. The Morgan fingerprint density at radius 2 is 1.82 bits per heavy atom. The molecule has 0 aromatic carbocycles. The van der Waals surface area contributed by atoms with Crippen LogP contribution in [0.1, 0.15) is 6.92 Å². The van der Waals surface area contributed by atoms with Crippen molar-refractivity contribution >= 4 is 5.91 Å². The number of alkyl halides is 3. The van der Waals surface area contributed by atoms with E-state index in [2.05, 4.69) is 9.64 Å². The zero-order chi connectivity index (χ0) is 12.9. The van der Waals surface area contributed by atoms with Crippen LogP contribution >= 0.6 is 0 Å². The number of carbonyl (C=O) groups excluding carboxylic acids is 1. The van der Waals surface area contributed by atoms with E-state index in [-0.39, 0.29) is 5.91 Å². The van der Waals surface area contributed by atoms with Gasteiger partial charge < -0.3 is 14.5 Å². The van der Waals surface area contributed by atoms with Gasteiger partial charge in [-0.2, -0.15) is 13.2 Å². The van der Waals surface area contributed by atoms with Crippen LogP contribution in [-0.2, 0) is 9.53 Å². The minimum atomic E-state index is -4.37. The summed E-state index contributed by atoms with van der Waals surface area (Å²) in [6.45, 7) is 3.74. The van der Waals surface area contributed by atoms with Crippen LogP contribution in [0.25, 0.3) is 0 Å². The highest BCUT2D eigenvalue weighted by Crippen LogP contribution is 2.14. The first-order valence-electron chi connectivity index (χ1n) is 5.57. The highest BCUT2D eigenvalue weighted by atomic mass is 19.4. The molecule has 4 nitrogen and oxygen atoms in total. The Morgan fingerprint density at radius 1 is 1.24 bits per heavy atom. The van der Waals surface area contributed by atoms with E-state index in [1.54, 1.807) is 4.90 Å². The molecule has 0 bridgehead atoms. The van der Waals surface area contributed by atoms with Crippen LogP contribution in [0.4, 0.5) is 13.2 Å². The lowest BCUT2D eigenvalue weighted by Crippen LogP contribution is -2.49. The third kappa shape index (κ3) is 5.36. The largest absolute Gasteiger partial charge is 0.411 e. The summed E-state index contributed by atoms with van der Waals surface area (Å²) >= 11 is 0. The molecule has 0 radical (unpaired) electrons. The Labute approximate surface area is 98.3 Å².